The summed E-state index contributed by atoms with van der Waals surface area (Å²) in [6.45, 7) is 4.36. The van der Waals surface area contributed by atoms with Gasteiger partial charge in [-0.1, -0.05) is 23.4 Å². The lowest BCUT2D eigenvalue weighted by Gasteiger charge is -2.19. The Morgan fingerprint density at radius 2 is 2.12 bits per heavy atom. The molecule has 2 aromatic heterocycles. The third-order valence-electron chi connectivity index (χ3n) is 2.57. The maximum Gasteiger partial charge on any atom is 0.194 e. The lowest BCUT2D eigenvalue weighted by molar-refractivity contribution is 0.404. The average molecular weight is 367 g/mol. The van der Waals surface area contributed by atoms with Crippen LogP contribution in [0.2, 0.25) is 5.15 Å². The van der Waals surface area contributed by atoms with Crippen molar-refractivity contribution in [1.29, 1.82) is 0 Å². The fourth-order valence-corrected chi connectivity index (χ4v) is 3.88. The van der Waals surface area contributed by atoms with Gasteiger partial charge in [0, 0.05) is 28.3 Å². The topological polar surface area (TPSA) is 43.6 Å². The Bertz CT molecular complexity index is 595. The van der Waals surface area contributed by atoms with E-state index in [0.29, 0.717) is 14.5 Å². The number of hydrogen-bond acceptors (Lipinski definition) is 4. The second-order valence-electron chi connectivity index (χ2n) is 4.29. The highest BCUT2D eigenvalue weighted by molar-refractivity contribution is 14.1. The number of fused-ring (bicyclic) bond motifs is 3. The first-order valence-corrected chi connectivity index (χ1v) is 7.18. The van der Waals surface area contributed by atoms with E-state index < -0.39 is 0 Å². The summed E-state index contributed by atoms with van der Waals surface area (Å²) in [7, 11) is 0. The minimum Gasteiger partial charge on any atom is -0.297 e. The van der Waals surface area contributed by atoms with Crippen molar-refractivity contribution in [3.05, 3.63) is 8.98 Å². The van der Waals surface area contributed by atoms with Gasteiger partial charge in [0.15, 0.2) is 19.8 Å². The van der Waals surface area contributed by atoms with E-state index in [9.17, 15) is 0 Å². The summed E-state index contributed by atoms with van der Waals surface area (Å²) in [6.07, 6.45) is 0. The Morgan fingerprint density at radius 1 is 1.38 bits per heavy atom. The Hall–Kier alpha value is -0.0800. The molecule has 0 unspecified atom stereocenters. The summed E-state index contributed by atoms with van der Waals surface area (Å²) < 4.78 is 2.81. The number of halogens is 2. The van der Waals surface area contributed by atoms with Crippen molar-refractivity contribution < 1.29 is 0 Å². The smallest absolute Gasteiger partial charge is 0.194 e. The molecule has 0 fully saturated rings. The van der Waals surface area contributed by atoms with Gasteiger partial charge < -0.3 is 0 Å². The molecule has 0 radical (unpaired) electrons. The summed E-state index contributed by atoms with van der Waals surface area (Å²) in [4.78, 5) is 13.1. The molecule has 0 saturated heterocycles. The summed E-state index contributed by atoms with van der Waals surface area (Å²) in [6, 6.07) is 0. The Balaban J connectivity index is 2.43. The Labute approximate surface area is 115 Å². The van der Waals surface area contributed by atoms with Crippen LogP contribution in [0.25, 0.3) is 11.2 Å². The van der Waals surface area contributed by atoms with Crippen molar-refractivity contribution >= 4 is 57.1 Å². The van der Waals surface area contributed by atoms with Crippen molar-refractivity contribution in [2.75, 3.05) is 5.75 Å². The molecule has 84 valence electrons. The zero-order valence-corrected chi connectivity index (χ0v) is 12.4. The quantitative estimate of drug-likeness (QED) is 0.408. The number of hydrogen-bond donors (Lipinski definition) is 0. The van der Waals surface area contributed by atoms with Crippen molar-refractivity contribution in [2.24, 2.45) is 0 Å². The molecule has 3 heterocycles. The van der Waals surface area contributed by atoms with E-state index in [4.69, 9.17) is 11.6 Å². The van der Waals surface area contributed by atoms with Crippen molar-refractivity contribution in [1.82, 2.24) is 19.5 Å². The van der Waals surface area contributed by atoms with Crippen molar-refractivity contribution in [3.63, 3.8) is 0 Å². The van der Waals surface area contributed by atoms with Crippen LogP contribution in [0.1, 0.15) is 13.8 Å². The van der Waals surface area contributed by atoms with Crippen LogP contribution >= 0.6 is 46.0 Å². The molecular weight excluding hydrogens is 359 g/mol. The number of rotatable bonds is 0. The van der Waals surface area contributed by atoms with Gasteiger partial charge in [0.25, 0.3) is 0 Å². The summed E-state index contributed by atoms with van der Waals surface area (Å²) >= 11 is 9.89. The zero-order valence-electron chi connectivity index (χ0n) is 8.66. The molecule has 0 amide bonds. The van der Waals surface area contributed by atoms with Crippen LogP contribution in [0.15, 0.2) is 5.16 Å². The standard InChI is InChI=1S/C9H8ClIN4S/c1-9(2)3-16-8-12-4-5(10)13-7(11)14-6(4)15(8)9/h3H2,1-2H3. The Morgan fingerprint density at radius 3 is 2.88 bits per heavy atom. The molecule has 1 aliphatic heterocycles. The molecule has 0 aromatic carbocycles. The van der Waals surface area contributed by atoms with Crippen LogP contribution in [0, 0.1) is 3.83 Å². The number of imidazole rings is 1. The third-order valence-corrected chi connectivity index (χ3v) is 4.69. The van der Waals surface area contributed by atoms with Crippen LogP contribution in [-0.2, 0) is 5.54 Å². The normalized spacial score (nSPS) is 18.0. The molecule has 4 nitrogen and oxygen atoms in total. The first-order valence-electron chi connectivity index (χ1n) is 4.74. The molecule has 3 rings (SSSR count). The van der Waals surface area contributed by atoms with Gasteiger partial charge in [0.1, 0.15) is 5.52 Å². The van der Waals surface area contributed by atoms with E-state index >= 15 is 0 Å². The monoisotopic (exact) mass is 366 g/mol. The maximum atomic E-state index is 6.08. The van der Waals surface area contributed by atoms with Crippen LogP contribution in [0.5, 0.6) is 0 Å². The highest BCUT2D eigenvalue weighted by atomic mass is 127. The highest BCUT2D eigenvalue weighted by Gasteiger charge is 2.34. The Kier molecular flexibility index (Phi) is 2.38. The minimum absolute atomic E-state index is 0.0372. The van der Waals surface area contributed by atoms with Gasteiger partial charge in [-0.2, -0.15) is 0 Å². The van der Waals surface area contributed by atoms with E-state index in [1.807, 2.05) is 0 Å². The molecule has 2 aromatic rings. The second kappa shape index (κ2) is 3.46. The first-order chi connectivity index (χ1) is 7.49. The SMILES string of the molecule is CC1(C)CSc2nc3c(Cl)nc(I)nc3n21. The molecule has 16 heavy (non-hydrogen) atoms. The average Bonchev–Trinajstić information content (AvgIpc) is 2.66. The fraction of sp³-hybridized carbons (Fsp3) is 0.444. The summed E-state index contributed by atoms with van der Waals surface area (Å²) in [5.41, 5.74) is 1.59. The summed E-state index contributed by atoms with van der Waals surface area (Å²) in [5.74, 6) is 1.02. The molecule has 7 heteroatoms. The van der Waals surface area contributed by atoms with Crippen molar-refractivity contribution in [3.8, 4) is 0 Å². The maximum absolute atomic E-state index is 6.08. The van der Waals surface area contributed by atoms with E-state index in [1.165, 1.54) is 0 Å². The van der Waals surface area contributed by atoms with E-state index in [1.54, 1.807) is 11.8 Å². The highest BCUT2D eigenvalue weighted by Crippen LogP contribution is 2.40. The van der Waals surface area contributed by atoms with Gasteiger partial charge in [0.05, 0.1) is 5.54 Å². The van der Waals surface area contributed by atoms with Crippen molar-refractivity contribution in [2.45, 2.75) is 24.5 Å². The minimum atomic E-state index is 0.0372. The van der Waals surface area contributed by atoms with Gasteiger partial charge >= 0.3 is 0 Å². The predicted octanol–water partition coefficient (Wildman–Crippen LogP) is 2.93. The van der Waals surface area contributed by atoms with Crippen LogP contribution in [0.3, 0.4) is 0 Å². The second-order valence-corrected chi connectivity index (χ2v) is 6.55. The molecule has 0 spiro atoms. The van der Waals surface area contributed by atoms with E-state index in [2.05, 4.69) is 56.0 Å². The predicted molar refractivity (Wildman–Crippen MR) is 73.1 cm³/mol. The van der Waals surface area contributed by atoms with Crippen LogP contribution in [0.4, 0.5) is 0 Å². The van der Waals surface area contributed by atoms with Gasteiger partial charge in [-0.25, -0.2) is 15.0 Å². The number of nitrogens with zero attached hydrogens (tertiary/aromatic N) is 4. The van der Waals surface area contributed by atoms with Gasteiger partial charge in [-0.15, -0.1) is 0 Å². The molecule has 0 N–H and O–H groups in total. The lowest BCUT2D eigenvalue weighted by Crippen LogP contribution is -2.24. The largest absolute Gasteiger partial charge is 0.297 e. The van der Waals surface area contributed by atoms with Crippen LogP contribution in [-0.4, -0.2) is 25.3 Å². The van der Waals surface area contributed by atoms with Crippen LogP contribution < -0.4 is 0 Å². The fourth-order valence-electron chi connectivity index (χ4n) is 1.83. The van der Waals surface area contributed by atoms with E-state index in [0.717, 1.165) is 16.6 Å². The van der Waals surface area contributed by atoms with Gasteiger partial charge in [-0.3, -0.25) is 4.57 Å². The zero-order chi connectivity index (χ0) is 11.5. The molecule has 0 aliphatic carbocycles. The molecular formula is C9H8ClIN4S. The van der Waals surface area contributed by atoms with E-state index in [-0.39, 0.29) is 5.54 Å². The number of aromatic nitrogens is 4. The summed E-state index contributed by atoms with van der Waals surface area (Å²) in [5, 5.41) is 1.42. The number of thioether (sulfide) groups is 1. The third kappa shape index (κ3) is 1.46. The molecule has 1 aliphatic rings. The molecule has 0 bridgehead atoms. The van der Waals surface area contributed by atoms with Gasteiger partial charge in [-0.05, 0) is 13.8 Å². The first kappa shape index (κ1) is 11.0. The molecule has 0 atom stereocenters. The lowest BCUT2D eigenvalue weighted by atomic mass is 10.1. The molecule has 0 saturated carbocycles. The van der Waals surface area contributed by atoms with Gasteiger partial charge in [0.2, 0.25) is 0 Å².